The molecule has 1 aliphatic carbocycles. The number of aliphatic hydroxyl groups is 1. The molecule has 21 heavy (non-hydrogen) atoms. The molecule has 4 nitrogen and oxygen atoms in total. The van der Waals surface area contributed by atoms with Crippen molar-refractivity contribution >= 4 is 21.6 Å². The van der Waals surface area contributed by atoms with Gasteiger partial charge in [-0.3, -0.25) is 0 Å². The SMILES string of the molecule is COCCNCc1ccc(Br)cc1N(C)CC1CC(O)C1. The van der Waals surface area contributed by atoms with E-state index in [1.165, 1.54) is 11.3 Å². The Morgan fingerprint density at radius 1 is 1.43 bits per heavy atom. The van der Waals surface area contributed by atoms with Crippen molar-refractivity contribution < 1.29 is 9.84 Å². The first-order valence-electron chi connectivity index (χ1n) is 7.47. The molecule has 0 unspecified atom stereocenters. The van der Waals surface area contributed by atoms with Crippen LogP contribution >= 0.6 is 15.9 Å². The van der Waals surface area contributed by atoms with Crippen molar-refractivity contribution in [2.75, 3.05) is 38.8 Å². The lowest BCUT2D eigenvalue weighted by Crippen LogP contribution is -2.37. The third kappa shape index (κ3) is 4.95. The van der Waals surface area contributed by atoms with Crippen LogP contribution in [0.5, 0.6) is 0 Å². The van der Waals surface area contributed by atoms with Crippen LogP contribution in [0, 0.1) is 5.92 Å². The summed E-state index contributed by atoms with van der Waals surface area (Å²) in [5.74, 6) is 0.610. The molecule has 0 saturated heterocycles. The van der Waals surface area contributed by atoms with E-state index in [4.69, 9.17) is 4.74 Å². The summed E-state index contributed by atoms with van der Waals surface area (Å²) in [5.41, 5.74) is 2.53. The van der Waals surface area contributed by atoms with Crippen LogP contribution in [0.2, 0.25) is 0 Å². The van der Waals surface area contributed by atoms with E-state index in [9.17, 15) is 5.11 Å². The van der Waals surface area contributed by atoms with Crippen LogP contribution in [0.1, 0.15) is 18.4 Å². The minimum Gasteiger partial charge on any atom is -0.393 e. The zero-order valence-corrected chi connectivity index (χ0v) is 14.4. The normalized spacial score (nSPS) is 21.1. The van der Waals surface area contributed by atoms with E-state index in [0.717, 1.165) is 43.6 Å². The Morgan fingerprint density at radius 3 is 2.86 bits per heavy atom. The van der Waals surface area contributed by atoms with E-state index in [0.29, 0.717) is 5.92 Å². The molecule has 0 bridgehead atoms. The summed E-state index contributed by atoms with van der Waals surface area (Å²) in [6.07, 6.45) is 1.78. The highest BCUT2D eigenvalue weighted by atomic mass is 79.9. The van der Waals surface area contributed by atoms with Gasteiger partial charge in [0.2, 0.25) is 0 Å². The first-order chi connectivity index (χ1) is 10.1. The molecule has 2 N–H and O–H groups in total. The van der Waals surface area contributed by atoms with Gasteiger partial charge >= 0.3 is 0 Å². The van der Waals surface area contributed by atoms with Crippen LogP contribution in [0.15, 0.2) is 22.7 Å². The molecule has 1 aliphatic rings. The molecule has 1 saturated carbocycles. The second kappa shape index (κ2) is 8.13. The lowest BCUT2D eigenvalue weighted by Gasteiger charge is -2.36. The predicted octanol–water partition coefficient (Wildman–Crippen LogP) is 2.39. The Hall–Kier alpha value is -0.620. The van der Waals surface area contributed by atoms with Crippen LogP contribution in [0.4, 0.5) is 5.69 Å². The molecule has 0 amide bonds. The van der Waals surface area contributed by atoms with Gasteiger partial charge < -0.3 is 20.1 Å². The Labute approximate surface area is 135 Å². The zero-order chi connectivity index (χ0) is 15.2. The molecule has 1 fully saturated rings. The van der Waals surface area contributed by atoms with E-state index >= 15 is 0 Å². The fourth-order valence-corrected chi connectivity index (χ4v) is 3.12. The molecule has 2 rings (SSSR count). The van der Waals surface area contributed by atoms with Crippen LogP contribution in [-0.2, 0) is 11.3 Å². The summed E-state index contributed by atoms with van der Waals surface area (Å²) >= 11 is 3.56. The van der Waals surface area contributed by atoms with Gasteiger partial charge in [-0.1, -0.05) is 22.0 Å². The van der Waals surface area contributed by atoms with Crippen LogP contribution in [-0.4, -0.2) is 45.1 Å². The topological polar surface area (TPSA) is 44.7 Å². The number of rotatable bonds is 8. The summed E-state index contributed by atoms with van der Waals surface area (Å²) in [4.78, 5) is 2.30. The van der Waals surface area contributed by atoms with Gasteiger partial charge in [0, 0.05) is 44.0 Å². The van der Waals surface area contributed by atoms with Crippen molar-refractivity contribution in [2.24, 2.45) is 5.92 Å². The van der Waals surface area contributed by atoms with Crippen molar-refractivity contribution in [1.29, 1.82) is 0 Å². The number of ether oxygens (including phenoxy) is 1. The van der Waals surface area contributed by atoms with Gasteiger partial charge in [-0.05, 0) is 36.5 Å². The van der Waals surface area contributed by atoms with E-state index in [1.807, 2.05) is 0 Å². The van der Waals surface area contributed by atoms with Gasteiger partial charge in [0.25, 0.3) is 0 Å². The predicted molar refractivity (Wildman–Crippen MR) is 89.7 cm³/mol. The second-order valence-corrected chi connectivity index (χ2v) is 6.73. The minimum atomic E-state index is -0.0823. The third-order valence-electron chi connectivity index (χ3n) is 4.00. The van der Waals surface area contributed by atoms with E-state index < -0.39 is 0 Å². The zero-order valence-electron chi connectivity index (χ0n) is 12.8. The number of hydrogen-bond donors (Lipinski definition) is 2. The van der Waals surface area contributed by atoms with E-state index in [-0.39, 0.29) is 6.10 Å². The van der Waals surface area contributed by atoms with Gasteiger partial charge in [-0.15, -0.1) is 0 Å². The van der Waals surface area contributed by atoms with Gasteiger partial charge in [-0.25, -0.2) is 0 Å². The second-order valence-electron chi connectivity index (χ2n) is 5.81. The standard InChI is InChI=1S/C16H25BrN2O2/c1-19(11-12-7-15(20)8-12)16-9-14(17)4-3-13(16)10-18-5-6-21-2/h3-4,9,12,15,18,20H,5-8,10-11H2,1-2H3. The van der Waals surface area contributed by atoms with Gasteiger partial charge in [-0.2, -0.15) is 0 Å². The fourth-order valence-electron chi connectivity index (χ4n) is 2.77. The van der Waals surface area contributed by atoms with Crippen molar-refractivity contribution in [3.63, 3.8) is 0 Å². The van der Waals surface area contributed by atoms with Gasteiger partial charge in [0.1, 0.15) is 0 Å². The monoisotopic (exact) mass is 356 g/mol. The molecule has 1 aromatic carbocycles. The van der Waals surface area contributed by atoms with Crippen LogP contribution in [0.3, 0.4) is 0 Å². The van der Waals surface area contributed by atoms with Crippen molar-refractivity contribution in [3.8, 4) is 0 Å². The molecule has 0 atom stereocenters. The molecule has 0 heterocycles. The highest BCUT2D eigenvalue weighted by Gasteiger charge is 2.28. The summed E-state index contributed by atoms with van der Waals surface area (Å²) in [7, 11) is 3.85. The molecule has 5 heteroatoms. The Balaban J connectivity index is 1.96. The van der Waals surface area contributed by atoms with E-state index in [1.54, 1.807) is 7.11 Å². The van der Waals surface area contributed by atoms with Crippen LogP contribution in [0.25, 0.3) is 0 Å². The molecule has 1 aromatic rings. The first-order valence-corrected chi connectivity index (χ1v) is 8.26. The average Bonchev–Trinajstić information content (AvgIpc) is 2.43. The van der Waals surface area contributed by atoms with Crippen molar-refractivity contribution in [2.45, 2.75) is 25.5 Å². The number of aliphatic hydroxyl groups excluding tert-OH is 1. The number of benzene rings is 1. The van der Waals surface area contributed by atoms with E-state index in [2.05, 4.69) is 51.4 Å². The first kappa shape index (κ1) is 16.7. The summed E-state index contributed by atoms with van der Waals surface area (Å²) in [6, 6.07) is 6.41. The molecule has 0 radical (unpaired) electrons. The van der Waals surface area contributed by atoms with Crippen molar-refractivity contribution in [3.05, 3.63) is 28.2 Å². The molecule has 0 aromatic heterocycles. The summed E-state index contributed by atoms with van der Waals surface area (Å²) < 4.78 is 6.15. The molecular formula is C16H25BrN2O2. The van der Waals surface area contributed by atoms with Crippen LogP contribution < -0.4 is 10.2 Å². The van der Waals surface area contributed by atoms with Crippen molar-refractivity contribution in [1.82, 2.24) is 5.32 Å². The quantitative estimate of drug-likeness (QED) is 0.702. The molecule has 118 valence electrons. The van der Waals surface area contributed by atoms with Gasteiger partial charge in [0.15, 0.2) is 0 Å². The summed E-state index contributed by atoms with van der Waals surface area (Å²) in [5, 5.41) is 12.8. The number of halogens is 1. The maximum absolute atomic E-state index is 9.42. The summed E-state index contributed by atoms with van der Waals surface area (Å²) in [6.45, 7) is 3.41. The average molecular weight is 357 g/mol. The fraction of sp³-hybridized carbons (Fsp3) is 0.625. The maximum atomic E-state index is 9.42. The number of nitrogens with zero attached hydrogens (tertiary/aromatic N) is 1. The third-order valence-corrected chi connectivity index (χ3v) is 4.49. The maximum Gasteiger partial charge on any atom is 0.0587 e. The molecule has 0 spiro atoms. The number of methoxy groups -OCH3 is 1. The molecule has 0 aliphatic heterocycles. The van der Waals surface area contributed by atoms with Gasteiger partial charge in [0.05, 0.1) is 12.7 Å². The lowest BCUT2D eigenvalue weighted by molar-refractivity contribution is 0.0464. The number of hydrogen-bond acceptors (Lipinski definition) is 4. The largest absolute Gasteiger partial charge is 0.393 e. The molecular weight excluding hydrogens is 332 g/mol. The number of nitrogens with one attached hydrogen (secondary N) is 1. The smallest absolute Gasteiger partial charge is 0.0587 e. The Kier molecular flexibility index (Phi) is 6.48. The lowest BCUT2D eigenvalue weighted by atomic mass is 9.82. The minimum absolute atomic E-state index is 0.0823. The highest BCUT2D eigenvalue weighted by molar-refractivity contribution is 9.10. The highest BCUT2D eigenvalue weighted by Crippen LogP contribution is 2.31. The Bertz CT molecular complexity index is 450. The number of anilines is 1. The Morgan fingerprint density at radius 2 is 2.19 bits per heavy atom.